The van der Waals surface area contributed by atoms with Crippen LogP contribution in [0.5, 0.6) is 0 Å². The van der Waals surface area contributed by atoms with Gasteiger partial charge < -0.3 is 15.0 Å². The van der Waals surface area contributed by atoms with E-state index in [1.165, 1.54) is 6.20 Å². The highest BCUT2D eigenvalue weighted by Crippen LogP contribution is 2.34. The number of nitrogens with one attached hydrogen (secondary N) is 2. The highest BCUT2D eigenvalue weighted by Gasteiger charge is 2.46. The summed E-state index contributed by atoms with van der Waals surface area (Å²) in [5.74, 6) is -2.45. The van der Waals surface area contributed by atoms with Crippen LogP contribution in [0.2, 0.25) is 0 Å². The minimum Gasteiger partial charge on any atom is -0.434 e. The van der Waals surface area contributed by atoms with Gasteiger partial charge in [0.25, 0.3) is 5.92 Å². The summed E-state index contributed by atoms with van der Waals surface area (Å²) in [6, 6.07) is 3.83. The van der Waals surface area contributed by atoms with Crippen molar-refractivity contribution in [2.75, 3.05) is 31.1 Å². The van der Waals surface area contributed by atoms with E-state index in [2.05, 4.69) is 20.5 Å². The Morgan fingerprint density at radius 3 is 2.74 bits per heavy atom. The molecular weight excluding hydrogens is 404 g/mol. The van der Waals surface area contributed by atoms with Crippen LogP contribution < -0.4 is 15.5 Å². The number of carbonyl (C=O) groups is 1. The van der Waals surface area contributed by atoms with Crippen molar-refractivity contribution in [2.24, 2.45) is 4.99 Å². The van der Waals surface area contributed by atoms with Crippen LogP contribution in [0.15, 0.2) is 35.0 Å². The van der Waals surface area contributed by atoms with E-state index < -0.39 is 18.1 Å². The number of alkyl carbamates (subject to hydrolysis) is 1. The fraction of sp³-hybridized carbons (Fsp3) is 0.500. The third kappa shape index (κ3) is 5.46. The second-order valence-electron chi connectivity index (χ2n) is 7.80. The predicted molar refractivity (Wildman–Crippen MR) is 118 cm³/mol. The molecule has 3 heterocycles. The van der Waals surface area contributed by atoms with Crippen molar-refractivity contribution in [3.8, 4) is 0 Å². The van der Waals surface area contributed by atoms with Crippen LogP contribution >= 0.6 is 0 Å². The van der Waals surface area contributed by atoms with Crippen molar-refractivity contribution in [2.45, 2.75) is 46.1 Å². The number of carbonyl (C=O) groups excluding carboxylic acids is 1. The van der Waals surface area contributed by atoms with Crippen LogP contribution in [0.4, 0.5) is 19.4 Å². The number of allylic oxidation sites excluding steroid dienone is 2. The average Bonchev–Trinajstić information content (AvgIpc) is 2.72. The topological polar surface area (TPSA) is 78.8 Å². The van der Waals surface area contributed by atoms with Crippen LogP contribution in [-0.4, -0.2) is 55.1 Å². The van der Waals surface area contributed by atoms with Crippen molar-refractivity contribution in [3.63, 3.8) is 0 Å². The molecule has 2 saturated heterocycles. The summed E-state index contributed by atoms with van der Waals surface area (Å²) in [5, 5.41) is 5.77. The van der Waals surface area contributed by atoms with Crippen LogP contribution in [0.1, 0.15) is 38.4 Å². The molecule has 7 nitrogen and oxygen atoms in total. The maximum atomic E-state index is 14.5. The van der Waals surface area contributed by atoms with Gasteiger partial charge in [-0.1, -0.05) is 13.0 Å². The Morgan fingerprint density at radius 1 is 1.39 bits per heavy atom. The summed E-state index contributed by atoms with van der Waals surface area (Å²) in [7, 11) is 0. The number of hydrogen-bond acceptors (Lipinski definition) is 6. The standard InChI is InChI=1S/C22H29F2N5O2/c1-5-6-7-26-20-18(19(22(4,23)24)31-21(30)28-20)15(3)16-12-14(2)13-17(27-16)29-10-8-25-9-11-29/h6-7,12-13,19,25H,5,8-11H2,1-4H3,(H,26,28,30)/b7-6+,18-15+. The number of amidine groups is 1. The van der Waals surface area contributed by atoms with Crippen LogP contribution in [0.25, 0.3) is 5.57 Å². The molecule has 3 rings (SSSR count). The van der Waals surface area contributed by atoms with Gasteiger partial charge in [0.1, 0.15) is 11.7 Å². The average molecular weight is 434 g/mol. The molecule has 9 heteroatoms. The van der Waals surface area contributed by atoms with Crippen LogP contribution in [0.3, 0.4) is 0 Å². The van der Waals surface area contributed by atoms with E-state index >= 15 is 0 Å². The minimum absolute atomic E-state index is 0.0528. The molecule has 1 aromatic rings. The monoisotopic (exact) mass is 433 g/mol. The zero-order valence-electron chi connectivity index (χ0n) is 18.3. The summed E-state index contributed by atoms with van der Waals surface area (Å²) in [6.07, 6.45) is 1.27. The number of cyclic esters (lactones) is 1. The number of rotatable bonds is 5. The first-order chi connectivity index (χ1) is 14.7. The third-order valence-corrected chi connectivity index (χ3v) is 5.15. The van der Waals surface area contributed by atoms with Gasteiger partial charge in [0.05, 0.1) is 5.69 Å². The van der Waals surface area contributed by atoms with Crippen LogP contribution in [0, 0.1) is 6.92 Å². The lowest BCUT2D eigenvalue weighted by atomic mass is 9.94. The number of pyridine rings is 1. The molecule has 1 amide bonds. The number of amides is 1. The van der Waals surface area contributed by atoms with E-state index in [4.69, 9.17) is 9.72 Å². The van der Waals surface area contributed by atoms with E-state index in [-0.39, 0.29) is 11.4 Å². The summed E-state index contributed by atoms with van der Waals surface area (Å²) in [6.45, 7) is 9.66. The quantitative estimate of drug-likeness (QED) is 0.741. The van der Waals surface area contributed by atoms with Crippen molar-refractivity contribution < 1.29 is 18.3 Å². The minimum atomic E-state index is -3.30. The molecule has 1 unspecified atom stereocenters. The highest BCUT2D eigenvalue weighted by atomic mass is 19.3. The van der Waals surface area contributed by atoms with Gasteiger partial charge in [-0.3, -0.25) is 5.32 Å². The number of hydrogen-bond donors (Lipinski definition) is 2. The van der Waals surface area contributed by atoms with E-state index in [0.29, 0.717) is 11.3 Å². The molecule has 168 valence electrons. The molecule has 2 aliphatic heterocycles. The molecule has 0 bridgehead atoms. The van der Waals surface area contributed by atoms with Gasteiger partial charge in [0.15, 0.2) is 6.10 Å². The van der Waals surface area contributed by atoms with E-state index in [1.807, 2.05) is 26.0 Å². The summed E-state index contributed by atoms with van der Waals surface area (Å²) in [5.41, 5.74) is 2.11. The number of anilines is 1. The van der Waals surface area contributed by atoms with Gasteiger partial charge >= 0.3 is 6.09 Å². The summed E-state index contributed by atoms with van der Waals surface area (Å²) in [4.78, 5) is 23.1. The lowest BCUT2D eigenvalue weighted by molar-refractivity contribution is -0.0795. The maximum Gasteiger partial charge on any atom is 0.413 e. The molecule has 2 N–H and O–H groups in total. The van der Waals surface area contributed by atoms with Crippen molar-refractivity contribution in [1.82, 2.24) is 15.6 Å². The first kappa shape index (κ1) is 22.9. The molecule has 0 aliphatic carbocycles. The highest BCUT2D eigenvalue weighted by molar-refractivity contribution is 6.13. The smallest absolute Gasteiger partial charge is 0.413 e. The van der Waals surface area contributed by atoms with Crippen LogP contribution in [-0.2, 0) is 4.74 Å². The van der Waals surface area contributed by atoms with Gasteiger partial charge in [-0.25, -0.2) is 23.6 Å². The first-order valence-corrected chi connectivity index (χ1v) is 10.4. The molecule has 0 radical (unpaired) electrons. The number of aromatic nitrogens is 1. The largest absolute Gasteiger partial charge is 0.434 e. The van der Waals surface area contributed by atoms with Gasteiger partial charge in [0.2, 0.25) is 0 Å². The molecule has 2 fully saturated rings. The number of aryl methyl sites for hydroxylation is 1. The van der Waals surface area contributed by atoms with E-state index in [0.717, 1.165) is 50.9 Å². The van der Waals surface area contributed by atoms with E-state index in [9.17, 15) is 13.6 Å². The molecule has 1 atom stereocenters. The Labute approximate surface area is 181 Å². The molecule has 31 heavy (non-hydrogen) atoms. The fourth-order valence-corrected chi connectivity index (χ4v) is 3.58. The Morgan fingerprint density at radius 2 is 2.10 bits per heavy atom. The fourth-order valence-electron chi connectivity index (χ4n) is 3.58. The number of alkyl halides is 2. The van der Waals surface area contributed by atoms with Gasteiger partial charge in [0, 0.05) is 44.9 Å². The number of ether oxygens (including phenoxy) is 1. The van der Waals surface area contributed by atoms with E-state index in [1.54, 1.807) is 13.0 Å². The maximum absolute atomic E-state index is 14.5. The number of piperazine rings is 1. The molecule has 1 aromatic heterocycles. The Kier molecular flexibility index (Phi) is 7.04. The normalized spacial score (nSPS) is 23.2. The summed E-state index contributed by atoms with van der Waals surface area (Å²) >= 11 is 0. The number of halogens is 2. The molecular formula is C22H29F2N5O2. The van der Waals surface area contributed by atoms with Crippen molar-refractivity contribution in [1.29, 1.82) is 0 Å². The van der Waals surface area contributed by atoms with Crippen molar-refractivity contribution in [3.05, 3.63) is 41.2 Å². The summed E-state index contributed by atoms with van der Waals surface area (Å²) < 4.78 is 34.0. The zero-order chi connectivity index (χ0) is 22.6. The number of aliphatic imine (C=N–C) groups is 1. The predicted octanol–water partition coefficient (Wildman–Crippen LogP) is 3.66. The Balaban J connectivity index is 2.13. The third-order valence-electron chi connectivity index (χ3n) is 5.15. The molecule has 0 spiro atoms. The SMILES string of the molecule is CC/C=C/N=C1\NC(=O)OC(C(C)(F)F)\C1=C(\C)c1cc(C)cc(N2CCNCC2)n1. The number of nitrogens with zero attached hydrogens (tertiary/aromatic N) is 3. The Hall–Kier alpha value is -2.81. The first-order valence-electron chi connectivity index (χ1n) is 10.4. The van der Waals surface area contributed by atoms with Crippen molar-refractivity contribution >= 4 is 23.3 Å². The molecule has 0 aromatic carbocycles. The van der Waals surface area contributed by atoms with Gasteiger partial charge in [-0.05, 0) is 43.5 Å². The van der Waals surface area contributed by atoms with Gasteiger partial charge in [-0.15, -0.1) is 0 Å². The molecule has 0 saturated carbocycles. The zero-order valence-corrected chi connectivity index (χ0v) is 18.3. The van der Waals surface area contributed by atoms with Gasteiger partial charge in [-0.2, -0.15) is 0 Å². The second-order valence-corrected chi connectivity index (χ2v) is 7.80. The Bertz CT molecular complexity index is 915. The molecule has 2 aliphatic rings. The lowest BCUT2D eigenvalue weighted by Crippen LogP contribution is -2.51. The lowest BCUT2D eigenvalue weighted by Gasteiger charge is -2.32. The second kappa shape index (κ2) is 9.55.